The molecule has 2 aromatic heterocycles. The van der Waals surface area contributed by atoms with Crippen molar-refractivity contribution in [3.8, 4) is 0 Å². The third kappa shape index (κ3) is 7.86. The molecule has 27 heavy (non-hydrogen) atoms. The normalized spacial score (nSPS) is 13.0. The summed E-state index contributed by atoms with van der Waals surface area (Å²) < 4.78 is 12.9. The molecule has 2 aromatic rings. The molecule has 0 aliphatic carbocycles. The highest BCUT2D eigenvalue weighted by atomic mass is 16.5. The smallest absolute Gasteiger partial charge is 0.191 e. The Hall–Kier alpha value is -2.28. The minimum Gasteiger partial charge on any atom is -0.467 e. The highest BCUT2D eigenvalue weighted by Gasteiger charge is 2.07. The molecule has 0 aliphatic heterocycles. The van der Waals surface area contributed by atoms with Crippen molar-refractivity contribution in [3.63, 3.8) is 0 Å². The van der Waals surface area contributed by atoms with Crippen LogP contribution in [-0.2, 0) is 17.9 Å². The quantitative estimate of drug-likeness (QED) is 0.359. The molecule has 0 aromatic carbocycles. The van der Waals surface area contributed by atoms with Crippen LogP contribution in [0.15, 0.2) is 33.9 Å². The molecule has 1 atom stereocenters. The van der Waals surface area contributed by atoms with Gasteiger partial charge in [-0.3, -0.25) is 9.67 Å². The second-order valence-corrected chi connectivity index (χ2v) is 6.85. The lowest BCUT2D eigenvalue weighted by atomic mass is 10.2. The predicted octanol–water partition coefficient (Wildman–Crippen LogP) is 2.89. The highest BCUT2D eigenvalue weighted by Crippen LogP contribution is 2.07. The third-order valence-corrected chi connectivity index (χ3v) is 4.08. The van der Waals surface area contributed by atoms with Crippen molar-refractivity contribution in [2.75, 3.05) is 26.2 Å². The van der Waals surface area contributed by atoms with E-state index in [4.69, 9.17) is 14.1 Å². The van der Waals surface area contributed by atoms with Crippen molar-refractivity contribution in [3.05, 3.63) is 41.6 Å². The topological polar surface area (TPSA) is 76.6 Å². The Bertz CT molecular complexity index is 679. The molecule has 0 bridgehead atoms. The molecule has 2 N–H and O–H groups in total. The van der Waals surface area contributed by atoms with E-state index >= 15 is 0 Å². The first-order valence-corrected chi connectivity index (χ1v) is 9.71. The second-order valence-electron chi connectivity index (χ2n) is 6.85. The summed E-state index contributed by atoms with van der Waals surface area (Å²) in [4.78, 5) is 4.70. The van der Waals surface area contributed by atoms with Crippen molar-refractivity contribution in [1.29, 1.82) is 0 Å². The summed E-state index contributed by atoms with van der Waals surface area (Å²) in [5.41, 5.74) is 2.26. The van der Waals surface area contributed by atoms with Gasteiger partial charge < -0.3 is 19.8 Å². The van der Waals surface area contributed by atoms with E-state index in [-0.39, 0.29) is 0 Å². The summed E-state index contributed by atoms with van der Waals surface area (Å²) in [5, 5.41) is 11.2. The third-order valence-electron chi connectivity index (χ3n) is 4.08. The number of rotatable bonds is 11. The lowest BCUT2D eigenvalue weighted by Gasteiger charge is -2.14. The molecule has 0 saturated heterocycles. The summed E-state index contributed by atoms with van der Waals surface area (Å²) in [6.45, 7) is 12.9. The lowest BCUT2D eigenvalue weighted by molar-refractivity contribution is 0.105. The summed E-state index contributed by atoms with van der Waals surface area (Å²) >= 11 is 0. The van der Waals surface area contributed by atoms with E-state index in [1.165, 1.54) is 5.69 Å². The number of ether oxygens (including phenoxy) is 1. The van der Waals surface area contributed by atoms with Crippen LogP contribution in [0.1, 0.15) is 37.4 Å². The monoisotopic (exact) mass is 375 g/mol. The van der Waals surface area contributed by atoms with Crippen LogP contribution in [0.5, 0.6) is 0 Å². The van der Waals surface area contributed by atoms with Gasteiger partial charge in [0, 0.05) is 38.5 Å². The zero-order chi connectivity index (χ0) is 19.5. The molecule has 2 heterocycles. The van der Waals surface area contributed by atoms with Gasteiger partial charge in [0.1, 0.15) is 12.4 Å². The van der Waals surface area contributed by atoms with Gasteiger partial charge in [-0.2, -0.15) is 5.10 Å². The fourth-order valence-corrected chi connectivity index (χ4v) is 2.75. The SMILES string of the molecule is CCNC(=NCC(C)Cn1nc(C)cc1C)NCCCOCc1ccco1. The number of hydrogen-bond acceptors (Lipinski definition) is 4. The van der Waals surface area contributed by atoms with Gasteiger partial charge in [0.05, 0.1) is 12.0 Å². The van der Waals surface area contributed by atoms with Crippen LogP contribution in [0, 0.1) is 19.8 Å². The fraction of sp³-hybridized carbons (Fsp3) is 0.600. The van der Waals surface area contributed by atoms with Crippen LogP contribution in [0.25, 0.3) is 0 Å². The Morgan fingerprint density at radius 3 is 2.89 bits per heavy atom. The minimum atomic E-state index is 0.412. The Kier molecular flexibility index (Phi) is 8.91. The number of nitrogens with one attached hydrogen (secondary N) is 2. The van der Waals surface area contributed by atoms with Crippen molar-refractivity contribution in [1.82, 2.24) is 20.4 Å². The number of hydrogen-bond donors (Lipinski definition) is 2. The van der Waals surface area contributed by atoms with Gasteiger partial charge in [-0.25, -0.2) is 0 Å². The van der Waals surface area contributed by atoms with E-state index in [0.717, 1.165) is 50.0 Å². The molecular weight excluding hydrogens is 342 g/mol. The van der Waals surface area contributed by atoms with Crippen LogP contribution in [0.4, 0.5) is 0 Å². The van der Waals surface area contributed by atoms with Crippen LogP contribution in [-0.4, -0.2) is 42.0 Å². The molecule has 0 amide bonds. The van der Waals surface area contributed by atoms with Crippen LogP contribution < -0.4 is 10.6 Å². The average Bonchev–Trinajstić information content (AvgIpc) is 3.25. The molecule has 7 heteroatoms. The zero-order valence-corrected chi connectivity index (χ0v) is 17.0. The molecule has 0 saturated carbocycles. The van der Waals surface area contributed by atoms with Crippen LogP contribution >= 0.6 is 0 Å². The van der Waals surface area contributed by atoms with Gasteiger partial charge in [0.2, 0.25) is 0 Å². The Labute approximate surface area is 162 Å². The molecule has 7 nitrogen and oxygen atoms in total. The molecule has 0 radical (unpaired) electrons. The minimum absolute atomic E-state index is 0.412. The average molecular weight is 376 g/mol. The summed E-state index contributed by atoms with van der Waals surface area (Å²) in [6.07, 6.45) is 2.57. The fourth-order valence-electron chi connectivity index (χ4n) is 2.75. The van der Waals surface area contributed by atoms with E-state index in [2.05, 4.69) is 47.3 Å². The Morgan fingerprint density at radius 1 is 1.37 bits per heavy atom. The van der Waals surface area contributed by atoms with Gasteiger partial charge in [0.25, 0.3) is 0 Å². The number of nitrogens with zero attached hydrogens (tertiary/aromatic N) is 3. The standard InChI is InChI=1S/C20H33N5O2/c1-5-21-20(22-9-7-10-26-15-19-8-6-11-27-19)23-13-16(2)14-25-18(4)12-17(3)24-25/h6,8,11-12,16H,5,7,9-10,13-15H2,1-4H3,(H2,21,22,23). The summed E-state index contributed by atoms with van der Waals surface area (Å²) in [7, 11) is 0. The van der Waals surface area contributed by atoms with E-state index in [1.807, 2.05) is 19.1 Å². The van der Waals surface area contributed by atoms with Gasteiger partial charge >= 0.3 is 0 Å². The first kappa shape index (κ1) is 21.0. The van der Waals surface area contributed by atoms with Crippen molar-refractivity contribution < 1.29 is 9.15 Å². The second kappa shape index (κ2) is 11.4. The molecule has 0 fully saturated rings. The first-order chi connectivity index (χ1) is 13.1. The summed E-state index contributed by atoms with van der Waals surface area (Å²) in [6, 6.07) is 5.90. The Balaban J connectivity index is 1.67. The van der Waals surface area contributed by atoms with Crippen molar-refractivity contribution in [2.45, 2.75) is 47.3 Å². The number of furan rings is 1. The van der Waals surface area contributed by atoms with E-state index in [1.54, 1.807) is 6.26 Å². The summed E-state index contributed by atoms with van der Waals surface area (Å²) in [5.74, 6) is 2.12. The molecule has 0 aliphatic rings. The number of aryl methyl sites for hydroxylation is 2. The molecule has 1 unspecified atom stereocenters. The number of aliphatic imine (C=N–C) groups is 1. The number of guanidine groups is 1. The lowest BCUT2D eigenvalue weighted by Crippen LogP contribution is -2.38. The molecular formula is C20H33N5O2. The van der Waals surface area contributed by atoms with Gasteiger partial charge in [-0.15, -0.1) is 0 Å². The van der Waals surface area contributed by atoms with Gasteiger partial charge in [0.15, 0.2) is 5.96 Å². The zero-order valence-electron chi connectivity index (χ0n) is 17.0. The maximum absolute atomic E-state index is 5.59. The first-order valence-electron chi connectivity index (χ1n) is 9.71. The molecule has 0 spiro atoms. The van der Waals surface area contributed by atoms with Gasteiger partial charge in [-0.05, 0) is 51.3 Å². The maximum Gasteiger partial charge on any atom is 0.191 e. The van der Waals surface area contributed by atoms with Crippen LogP contribution in [0.2, 0.25) is 0 Å². The molecule has 2 rings (SSSR count). The largest absolute Gasteiger partial charge is 0.467 e. The van der Waals surface area contributed by atoms with Crippen molar-refractivity contribution >= 4 is 5.96 Å². The van der Waals surface area contributed by atoms with Gasteiger partial charge in [-0.1, -0.05) is 6.92 Å². The van der Waals surface area contributed by atoms with E-state index < -0.39 is 0 Å². The number of aromatic nitrogens is 2. The Morgan fingerprint density at radius 2 is 2.22 bits per heavy atom. The molecule has 150 valence electrons. The van der Waals surface area contributed by atoms with E-state index in [9.17, 15) is 0 Å². The highest BCUT2D eigenvalue weighted by molar-refractivity contribution is 5.79. The maximum atomic E-state index is 5.59. The predicted molar refractivity (Wildman–Crippen MR) is 108 cm³/mol. The van der Waals surface area contributed by atoms with Crippen molar-refractivity contribution in [2.24, 2.45) is 10.9 Å². The van der Waals surface area contributed by atoms with Crippen LogP contribution in [0.3, 0.4) is 0 Å². The van der Waals surface area contributed by atoms with E-state index in [0.29, 0.717) is 19.1 Å².